The Balaban J connectivity index is 2.32. The van der Waals surface area contributed by atoms with Crippen LogP contribution in [0.1, 0.15) is 5.56 Å². The van der Waals surface area contributed by atoms with E-state index in [1.807, 2.05) is 0 Å². The van der Waals surface area contributed by atoms with Crippen LogP contribution in [0.15, 0.2) is 24.4 Å². The molecule has 1 aromatic carbocycles. The number of nitrogens with zero attached hydrogens (tertiary/aromatic N) is 2. The lowest BCUT2D eigenvalue weighted by Gasteiger charge is -2.12. The van der Waals surface area contributed by atoms with Crippen LogP contribution in [-0.2, 0) is 6.18 Å². The predicted octanol–water partition coefficient (Wildman–Crippen LogP) is 4.59. The highest BCUT2D eigenvalue weighted by molar-refractivity contribution is 6.34. The number of aromatic nitrogens is 2. The van der Waals surface area contributed by atoms with Crippen molar-refractivity contribution in [1.29, 1.82) is 0 Å². The van der Waals surface area contributed by atoms with E-state index in [0.717, 1.165) is 12.1 Å². The van der Waals surface area contributed by atoms with Gasteiger partial charge in [0.15, 0.2) is 5.82 Å². The fraction of sp³-hybridized carbons (Fsp3) is 0.167. The zero-order valence-electron chi connectivity index (χ0n) is 10.6. The van der Waals surface area contributed by atoms with Crippen molar-refractivity contribution < 1.29 is 13.2 Å². The van der Waals surface area contributed by atoms with Gasteiger partial charge in [0.2, 0.25) is 5.95 Å². The van der Waals surface area contributed by atoms with E-state index in [1.165, 1.54) is 12.3 Å². The Hall–Kier alpha value is -1.73. The summed E-state index contributed by atoms with van der Waals surface area (Å²) in [6, 6.07) is 2.96. The van der Waals surface area contributed by atoms with E-state index in [1.54, 1.807) is 7.05 Å². The average Bonchev–Trinajstić information content (AvgIpc) is 2.42. The van der Waals surface area contributed by atoms with E-state index < -0.39 is 11.7 Å². The molecule has 0 aliphatic carbocycles. The van der Waals surface area contributed by atoms with Gasteiger partial charge in [0.05, 0.1) is 22.5 Å². The van der Waals surface area contributed by atoms with Crippen molar-refractivity contribution in [2.24, 2.45) is 0 Å². The summed E-state index contributed by atoms with van der Waals surface area (Å²) < 4.78 is 37.7. The second-order valence-corrected chi connectivity index (χ2v) is 4.77. The van der Waals surface area contributed by atoms with Gasteiger partial charge in [-0.1, -0.05) is 23.2 Å². The summed E-state index contributed by atoms with van der Waals surface area (Å²) in [5, 5.41) is 5.61. The number of hydrogen-bond acceptors (Lipinski definition) is 4. The van der Waals surface area contributed by atoms with Crippen molar-refractivity contribution in [1.82, 2.24) is 9.97 Å². The average molecular weight is 337 g/mol. The van der Waals surface area contributed by atoms with Gasteiger partial charge in [0.25, 0.3) is 0 Å². The number of nitrogens with one attached hydrogen (secondary N) is 2. The summed E-state index contributed by atoms with van der Waals surface area (Å²) >= 11 is 11.8. The summed E-state index contributed by atoms with van der Waals surface area (Å²) in [6.07, 6.45) is -3.09. The second-order valence-electron chi connectivity index (χ2n) is 3.96. The van der Waals surface area contributed by atoms with Crippen LogP contribution >= 0.6 is 23.2 Å². The van der Waals surface area contributed by atoms with Gasteiger partial charge in [-0.15, -0.1) is 0 Å². The highest BCUT2D eigenvalue weighted by atomic mass is 35.5. The maximum absolute atomic E-state index is 12.6. The molecule has 0 saturated heterocycles. The zero-order chi connectivity index (χ0) is 15.6. The molecule has 2 N–H and O–H groups in total. The Bertz CT molecular complexity index is 661. The zero-order valence-corrected chi connectivity index (χ0v) is 12.1. The Kier molecular flexibility index (Phi) is 4.43. The van der Waals surface area contributed by atoms with Gasteiger partial charge in [0.1, 0.15) is 5.02 Å². The first-order valence-electron chi connectivity index (χ1n) is 5.65. The van der Waals surface area contributed by atoms with Gasteiger partial charge in [-0.25, -0.2) is 4.98 Å². The second kappa shape index (κ2) is 5.95. The minimum absolute atomic E-state index is 0.0921. The van der Waals surface area contributed by atoms with Gasteiger partial charge >= 0.3 is 6.18 Å². The summed E-state index contributed by atoms with van der Waals surface area (Å²) in [4.78, 5) is 7.94. The Morgan fingerprint density at radius 3 is 2.43 bits per heavy atom. The monoisotopic (exact) mass is 336 g/mol. The molecule has 0 saturated carbocycles. The van der Waals surface area contributed by atoms with E-state index in [0.29, 0.717) is 5.95 Å². The van der Waals surface area contributed by atoms with Crippen LogP contribution in [0.3, 0.4) is 0 Å². The van der Waals surface area contributed by atoms with Crippen LogP contribution in [0, 0.1) is 0 Å². The number of alkyl halides is 3. The highest BCUT2D eigenvalue weighted by Crippen LogP contribution is 2.35. The minimum Gasteiger partial charge on any atom is -0.357 e. The highest BCUT2D eigenvalue weighted by Gasteiger charge is 2.30. The van der Waals surface area contributed by atoms with Crippen LogP contribution < -0.4 is 10.6 Å². The molecule has 0 spiro atoms. The topological polar surface area (TPSA) is 49.8 Å². The third kappa shape index (κ3) is 3.68. The summed E-state index contributed by atoms with van der Waals surface area (Å²) in [6.45, 7) is 0. The van der Waals surface area contributed by atoms with Crippen LogP contribution in [0.25, 0.3) is 0 Å². The lowest BCUT2D eigenvalue weighted by molar-refractivity contribution is -0.137. The normalized spacial score (nSPS) is 11.3. The third-order valence-corrected chi connectivity index (χ3v) is 3.11. The fourth-order valence-electron chi connectivity index (χ4n) is 1.50. The fourth-order valence-corrected chi connectivity index (χ4v) is 1.86. The Morgan fingerprint density at radius 1 is 1.14 bits per heavy atom. The van der Waals surface area contributed by atoms with Gasteiger partial charge in [-0.05, 0) is 18.2 Å². The van der Waals surface area contributed by atoms with Crippen LogP contribution in [0.5, 0.6) is 0 Å². The van der Waals surface area contributed by atoms with Crippen molar-refractivity contribution in [3.8, 4) is 0 Å². The van der Waals surface area contributed by atoms with Crippen molar-refractivity contribution in [2.45, 2.75) is 6.18 Å². The smallest absolute Gasteiger partial charge is 0.357 e. The first-order valence-corrected chi connectivity index (χ1v) is 6.41. The van der Waals surface area contributed by atoms with E-state index in [2.05, 4.69) is 20.6 Å². The van der Waals surface area contributed by atoms with E-state index in [9.17, 15) is 13.2 Å². The lowest BCUT2D eigenvalue weighted by Crippen LogP contribution is -2.05. The first-order chi connectivity index (χ1) is 9.81. The molecular weight excluding hydrogens is 328 g/mol. The van der Waals surface area contributed by atoms with Crippen molar-refractivity contribution in [3.05, 3.63) is 40.0 Å². The SMILES string of the molecule is CNc1ncc(Cl)c(Nc2ccc(C(F)(F)F)cc2Cl)n1. The molecule has 9 heteroatoms. The molecule has 0 bridgehead atoms. The van der Waals surface area contributed by atoms with Crippen molar-refractivity contribution >= 4 is 40.7 Å². The largest absolute Gasteiger partial charge is 0.416 e. The maximum Gasteiger partial charge on any atom is 0.416 e. The van der Waals surface area contributed by atoms with Crippen molar-refractivity contribution in [3.63, 3.8) is 0 Å². The first kappa shape index (κ1) is 15.7. The molecule has 2 rings (SSSR count). The molecule has 1 heterocycles. The number of halogens is 5. The van der Waals surface area contributed by atoms with Crippen molar-refractivity contribution in [2.75, 3.05) is 17.7 Å². The third-order valence-electron chi connectivity index (χ3n) is 2.52. The summed E-state index contributed by atoms with van der Waals surface area (Å²) in [5.74, 6) is 0.544. The number of rotatable bonds is 3. The molecule has 4 nitrogen and oxygen atoms in total. The molecule has 21 heavy (non-hydrogen) atoms. The number of anilines is 3. The maximum atomic E-state index is 12.6. The molecule has 0 fully saturated rings. The lowest BCUT2D eigenvalue weighted by atomic mass is 10.2. The molecule has 1 aromatic heterocycles. The van der Waals surface area contributed by atoms with Crippen LogP contribution in [0.4, 0.5) is 30.6 Å². The summed E-state index contributed by atoms with van der Waals surface area (Å²) in [7, 11) is 1.62. The number of benzene rings is 1. The van der Waals surface area contributed by atoms with Crippen LogP contribution in [-0.4, -0.2) is 17.0 Å². The van der Waals surface area contributed by atoms with E-state index >= 15 is 0 Å². The molecule has 112 valence electrons. The van der Waals surface area contributed by atoms with Gasteiger partial charge in [0, 0.05) is 7.05 Å². The van der Waals surface area contributed by atoms with Crippen LogP contribution in [0.2, 0.25) is 10.0 Å². The molecule has 0 unspecified atom stereocenters. The molecule has 0 aliphatic rings. The van der Waals surface area contributed by atoms with Gasteiger partial charge in [-0.3, -0.25) is 0 Å². The van der Waals surface area contributed by atoms with E-state index in [4.69, 9.17) is 23.2 Å². The Labute approximate surface area is 128 Å². The van der Waals surface area contributed by atoms with Gasteiger partial charge in [-0.2, -0.15) is 18.2 Å². The summed E-state index contributed by atoms with van der Waals surface area (Å²) in [5.41, 5.74) is -0.574. The quantitative estimate of drug-likeness (QED) is 0.860. The van der Waals surface area contributed by atoms with Gasteiger partial charge < -0.3 is 10.6 Å². The molecule has 2 aromatic rings. The number of hydrogen-bond donors (Lipinski definition) is 2. The molecular formula is C12H9Cl2F3N4. The molecule has 0 atom stereocenters. The Morgan fingerprint density at radius 2 is 1.86 bits per heavy atom. The molecule has 0 radical (unpaired) electrons. The molecule has 0 aliphatic heterocycles. The predicted molar refractivity (Wildman–Crippen MR) is 76.3 cm³/mol. The standard InChI is InChI=1S/C12H9Cl2F3N4/c1-18-11-19-5-8(14)10(21-11)20-9-3-2-6(4-7(9)13)12(15,16)17/h2-5H,1H3,(H2,18,19,20,21). The minimum atomic E-state index is -4.45. The molecule has 0 amide bonds. The van der Waals surface area contributed by atoms with E-state index in [-0.39, 0.29) is 21.6 Å².